The van der Waals surface area contributed by atoms with E-state index < -0.39 is 0 Å². The third-order valence-corrected chi connectivity index (χ3v) is 2.07. The Bertz CT molecular complexity index is 437. The van der Waals surface area contributed by atoms with Crippen LogP contribution >= 0.6 is 0 Å². The van der Waals surface area contributed by atoms with Gasteiger partial charge in [0, 0.05) is 5.56 Å². The lowest BCUT2D eigenvalue weighted by Crippen LogP contribution is -1.87. The Morgan fingerprint density at radius 2 is 1.88 bits per heavy atom. The molecule has 0 heterocycles. The highest BCUT2D eigenvalue weighted by atomic mass is 16.6. The average molecular weight is 210 g/mol. The first-order valence-corrected chi connectivity index (χ1v) is 5.11. The van der Waals surface area contributed by atoms with E-state index in [-0.39, 0.29) is 0 Å². The van der Waals surface area contributed by atoms with Crippen molar-refractivity contribution in [1.82, 2.24) is 0 Å². The number of rotatable bonds is 4. The first-order valence-electron chi connectivity index (χ1n) is 5.11. The summed E-state index contributed by atoms with van der Waals surface area (Å²) in [5.74, 6) is 0. The second-order valence-electron chi connectivity index (χ2n) is 3.31. The molecule has 2 heteroatoms. The predicted octanol–water partition coefficient (Wildman–Crippen LogP) is 3.04. The quantitative estimate of drug-likeness (QED) is 0.561. The van der Waals surface area contributed by atoms with E-state index in [1.807, 2.05) is 54.6 Å². The molecule has 0 bridgehead atoms. The summed E-state index contributed by atoms with van der Waals surface area (Å²) in [6.45, 7) is 0.490. The van der Waals surface area contributed by atoms with Crippen LogP contribution in [0.4, 0.5) is 0 Å². The minimum Gasteiger partial charge on any atom is -0.391 e. The van der Waals surface area contributed by atoms with E-state index in [9.17, 15) is 0 Å². The highest BCUT2D eigenvalue weighted by Crippen LogP contribution is 2.00. The topological polar surface area (TPSA) is 21.6 Å². The number of oxime groups is 1. The van der Waals surface area contributed by atoms with Crippen molar-refractivity contribution < 1.29 is 4.84 Å². The molecule has 2 rings (SSSR count). The Morgan fingerprint density at radius 3 is 2.62 bits per heavy atom. The summed E-state index contributed by atoms with van der Waals surface area (Å²) in [5, 5.41) is 3.88. The SMILES string of the molecule is [c]1ccccc1C=NOCc1ccccc1. The molecule has 0 fully saturated rings. The molecule has 0 aliphatic carbocycles. The van der Waals surface area contributed by atoms with Gasteiger partial charge < -0.3 is 4.84 Å². The van der Waals surface area contributed by atoms with Crippen LogP contribution in [0.3, 0.4) is 0 Å². The summed E-state index contributed by atoms with van der Waals surface area (Å²) in [5.41, 5.74) is 2.02. The van der Waals surface area contributed by atoms with Gasteiger partial charge in [-0.05, 0) is 11.6 Å². The van der Waals surface area contributed by atoms with E-state index >= 15 is 0 Å². The van der Waals surface area contributed by atoms with Crippen molar-refractivity contribution in [3.63, 3.8) is 0 Å². The van der Waals surface area contributed by atoms with E-state index in [1.54, 1.807) is 6.21 Å². The molecule has 0 N–H and O–H groups in total. The molecule has 2 nitrogen and oxygen atoms in total. The van der Waals surface area contributed by atoms with Crippen molar-refractivity contribution in [2.75, 3.05) is 0 Å². The Morgan fingerprint density at radius 1 is 1.06 bits per heavy atom. The largest absolute Gasteiger partial charge is 0.391 e. The molecular weight excluding hydrogens is 198 g/mol. The predicted molar refractivity (Wildman–Crippen MR) is 64.1 cm³/mol. The van der Waals surface area contributed by atoms with Crippen molar-refractivity contribution in [3.05, 3.63) is 71.8 Å². The van der Waals surface area contributed by atoms with Crippen LogP contribution in [0.25, 0.3) is 0 Å². The fourth-order valence-electron chi connectivity index (χ4n) is 1.27. The smallest absolute Gasteiger partial charge is 0.142 e. The lowest BCUT2D eigenvalue weighted by molar-refractivity contribution is 0.132. The third-order valence-electron chi connectivity index (χ3n) is 2.07. The highest BCUT2D eigenvalue weighted by Gasteiger charge is 1.89. The zero-order valence-electron chi connectivity index (χ0n) is 8.84. The first-order chi connectivity index (χ1) is 7.95. The van der Waals surface area contributed by atoms with E-state index in [0.29, 0.717) is 6.61 Å². The average Bonchev–Trinajstić information content (AvgIpc) is 2.37. The fraction of sp³-hybridized carbons (Fsp3) is 0.0714. The minimum atomic E-state index is 0.490. The molecule has 0 amide bonds. The molecule has 2 aromatic carbocycles. The summed E-state index contributed by atoms with van der Waals surface area (Å²) in [7, 11) is 0. The van der Waals surface area contributed by atoms with Crippen LogP contribution in [0.15, 0.2) is 59.8 Å². The zero-order chi connectivity index (χ0) is 11.1. The molecule has 0 aliphatic heterocycles. The number of hydrogen-bond donors (Lipinski definition) is 0. The van der Waals surface area contributed by atoms with Gasteiger partial charge in [0.25, 0.3) is 0 Å². The van der Waals surface area contributed by atoms with Gasteiger partial charge in [-0.2, -0.15) is 0 Å². The molecule has 2 aromatic rings. The van der Waals surface area contributed by atoms with E-state index in [0.717, 1.165) is 11.1 Å². The Kier molecular flexibility index (Phi) is 3.72. The Balaban J connectivity index is 1.83. The van der Waals surface area contributed by atoms with Gasteiger partial charge in [-0.15, -0.1) is 0 Å². The summed E-state index contributed by atoms with van der Waals surface area (Å²) in [6.07, 6.45) is 1.66. The summed E-state index contributed by atoms with van der Waals surface area (Å²) in [6, 6.07) is 20.6. The maximum Gasteiger partial charge on any atom is 0.142 e. The van der Waals surface area contributed by atoms with Crippen molar-refractivity contribution in [1.29, 1.82) is 0 Å². The van der Waals surface area contributed by atoms with Crippen LogP contribution < -0.4 is 0 Å². The maximum absolute atomic E-state index is 5.17. The molecule has 0 spiro atoms. The van der Waals surface area contributed by atoms with Gasteiger partial charge in [0.05, 0.1) is 6.21 Å². The van der Waals surface area contributed by atoms with Crippen molar-refractivity contribution in [2.45, 2.75) is 6.61 Å². The molecule has 0 unspecified atom stereocenters. The van der Waals surface area contributed by atoms with Crippen LogP contribution in [0.2, 0.25) is 0 Å². The van der Waals surface area contributed by atoms with Gasteiger partial charge in [-0.3, -0.25) is 0 Å². The molecular formula is C14H12NO. The van der Waals surface area contributed by atoms with E-state index in [2.05, 4.69) is 11.2 Å². The van der Waals surface area contributed by atoms with E-state index in [1.165, 1.54) is 0 Å². The van der Waals surface area contributed by atoms with Crippen LogP contribution in [0.1, 0.15) is 11.1 Å². The van der Waals surface area contributed by atoms with Crippen molar-refractivity contribution >= 4 is 6.21 Å². The molecule has 79 valence electrons. The molecule has 0 atom stereocenters. The third kappa shape index (κ3) is 3.24. The van der Waals surface area contributed by atoms with Gasteiger partial charge in [0.1, 0.15) is 6.61 Å². The van der Waals surface area contributed by atoms with Gasteiger partial charge in [-0.25, -0.2) is 0 Å². The van der Waals surface area contributed by atoms with Crippen molar-refractivity contribution in [3.8, 4) is 0 Å². The first kappa shape index (κ1) is 10.4. The molecule has 1 radical (unpaired) electrons. The molecule has 0 aliphatic rings. The second kappa shape index (κ2) is 5.71. The number of hydrogen-bond acceptors (Lipinski definition) is 2. The highest BCUT2D eigenvalue weighted by molar-refractivity contribution is 5.78. The molecule has 0 saturated carbocycles. The van der Waals surface area contributed by atoms with Gasteiger partial charge >= 0.3 is 0 Å². The number of nitrogens with zero attached hydrogens (tertiary/aromatic N) is 1. The van der Waals surface area contributed by atoms with E-state index in [4.69, 9.17) is 4.84 Å². The molecule has 0 saturated heterocycles. The monoisotopic (exact) mass is 210 g/mol. The lowest BCUT2D eigenvalue weighted by Gasteiger charge is -1.98. The Labute approximate surface area is 95.2 Å². The minimum absolute atomic E-state index is 0.490. The molecule has 16 heavy (non-hydrogen) atoms. The fourth-order valence-corrected chi connectivity index (χ4v) is 1.27. The normalized spacial score (nSPS) is 10.5. The zero-order valence-corrected chi connectivity index (χ0v) is 8.84. The van der Waals surface area contributed by atoms with Crippen LogP contribution in [0.5, 0.6) is 0 Å². The standard InChI is InChI=1S/C14H12NO/c1-3-7-13(8-4-1)11-15-16-12-14-9-5-2-6-10-14/h1-7,9-11H,12H2. The maximum atomic E-state index is 5.17. The van der Waals surface area contributed by atoms with Crippen LogP contribution in [-0.4, -0.2) is 6.21 Å². The summed E-state index contributed by atoms with van der Waals surface area (Å²) < 4.78 is 0. The van der Waals surface area contributed by atoms with Crippen LogP contribution in [-0.2, 0) is 11.4 Å². The van der Waals surface area contributed by atoms with Crippen molar-refractivity contribution in [2.24, 2.45) is 5.16 Å². The van der Waals surface area contributed by atoms with Gasteiger partial charge in [0.2, 0.25) is 0 Å². The molecule has 0 aromatic heterocycles. The summed E-state index contributed by atoms with van der Waals surface area (Å²) in [4.78, 5) is 5.17. The number of benzene rings is 2. The van der Waals surface area contributed by atoms with Crippen LogP contribution in [0, 0.1) is 6.07 Å². The Hall–Kier alpha value is -2.09. The van der Waals surface area contributed by atoms with Gasteiger partial charge in [0.15, 0.2) is 0 Å². The van der Waals surface area contributed by atoms with Gasteiger partial charge in [-0.1, -0.05) is 59.8 Å². The lowest BCUT2D eigenvalue weighted by atomic mass is 10.2. The summed E-state index contributed by atoms with van der Waals surface area (Å²) >= 11 is 0. The second-order valence-corrected chi connectivity index (χ2v) is 3.31.